The van der Waals surface area contributed by atoms with Crippen LogP contribution in [0.25, 0.3) is 32.5 Å². The molecule has 0 aliphatic carbocycles. The lowest BCUT2D eigenvalue weighted by atomic mass is 10.0. The second-order valence-electron chi connectivity index (χ2n) is 8.16. The summed E-state index contributed by atoms with van der Waals surface area (Å²) in [6.07, 6.45) is 0.805. The van der Waals surface area contributed by atoms with Gasteiger partial charge in [0.1, 0.15) is 10.8 Å². The summed E-state index contributed by atoms with van der Waals surface area (Å²) >= 11 is 1.66. The molecule has 4 nitrogen and oxygen atoms in total. The largest absolute Gasteiger partial charge is 0.282 e. The molecule has 0 N–H and O–H groups in total. The van der Waals surface area contributed by atoms with Crippen molar-refractivity contribution in [2.75, 3.05) is 0 Å². The Morgan fingerprint density at radius 2 is 1.52 bits per heavy atom. The molecule has 0 bridgehead atoms. The molecule has 5 heteroatoms. The maximum absolute atomic E-state index is 13.8. The van der Waals surface area contributed by atoms with Crippen LogP contribution in [0.4, 0.5) is 0 Å². The number of nitrogens with zero attached hydrogens (tertiary/aromatic N) is 3. The van der Waals surface area contributed by atoms with Gasteiger partial charge in [-0.05, 0) is 36.6 Å². The van der Waals surface area contributed by atoms with Gasteiger partial charge in [-0.2, -0.15) is 0 Å². The predicted molar refractivity (Wildman–Crippen MR) is 129 cm³/mol. The average molecular weight is 426 g/mol. The molecule has 1 atom stereocenters. The molecule has 0 radical (unpaired) electrons. The van der Waals surface area contributed by atoms with Gasteiger partial charge in [-0.15, -0.1) is 11.3 Å². The van der Waals surface area contributed by atoms with Gasteiger partial charge in [-0.25, -0.2) is 9.97 Å². The first-order valence-electron chi connectivity index (χ1n) is 10.5. The van der Waals surface area contributed by atoms with Gasteiger partial charge in [-0.1, -0.05) is 68.4 Å². The van der Waals surface area contributed by atoms with Gasteiger partial charge in [0.15, 0.2) is 0 Å². The Kier molecular flexibility index (Phi) is 5.12. The van der Waals surface area contributed by atoms with Crippen molar-refractivity contribution < 1.29 is 0 Å². The van der Waals surface area contributed by atoms with Crippen molar-refractivity contribution >= 4 is 32.5 Å². The third-order valence-corrected chi connectivity index (χ3v) is 6.58. The van der Waals surface area contributed by atoms with E-state index in [1.807, 2.05) is 77.4 Å². The first kappa shape index (κ1) is 19.6. The fraction of sp³-hybridized carbons (Fsp3) is 0.192. The van der Waals surface area contributed by atoms with E-state index in [0.717, 1.165) is 32.7 Å². The van der Waals surface area contributed by atoms with Crippen LogP contribution < -0.4 is 5.56 Å². The lowest BCUT2D eigenvalue weighted by molar-refractivity contribution is 0.444. The molecule has 2 heterocycles. The summed E-state index contributed by atoms with van der Waals surface area (Å²) in [5.41, 5.74) is 2.60. The molecule has 0 aliphatic heterocycles. The molecule has 0 saturated heterocycles. The van der Waals surface area contributed by atoms with Gasteiger partial charge >= 0.3 is 0 Å². The fourth-order valence-electron chi connectivity index (χ4n) is 4.02. The Morgan fingerprint density at radius 3 is 2.26 bits per heavy atom. The number of hydrogen-bond acceptors (Lipinski definition) is 4. The van der Waals surface area contributed by atoms with E-state index in [0.29, 0.717) is 17.1 Å². The van der Waals surface area contributed by atoms with Gasteiger partial charge < -0.3 is 0 Å². The summed E-state index contributed by atoms with van der Waals surface area (Å²) < 4.78 is 3.00. The molecule has 5 rings (SSSR count). The molecular weight excluding hydrogens is 402 g/mol. The molecule has 0 saturated carbocycles. The number of rotatable bonds is 5. The van der Waals surface area contributed by atoms with Crippen molar-refractivity contribution in [2.24, 2.45) is 5.92 Å². The fourth-order valence-corrected chi connectivity index (χ4v) is 5.09. The quantitative estimate of drug-likeness (QED) is 0.332. The number of fused-ring (bicyclic) bond motifs is 2. The van der Waals surface area contributed by atoms with Crippen molar-refractivity contribution in [3.8, 4) is 11.4 Å². The molecular formula is C26H23N3OS. The Bertz CT molecular complexity index is 1390. The van der Waals surface area contributed by atoms with E-state index in [2.05, 4.69) is 19.9 Å². The molecule has 2 aromatic heterocycles. The third kappa shape index (κ3) is 3.66. The van der Waals surface area contributed by atoms with Gasteiger partial charge in [0.05, 0.1) is 27.2 Å². The monoisotopic (exact) mass is 425 g/mol. The van der Waals surface area contributed by atoms with Crippen LogP contribution >= 0.6 is 11.3 Å². The molecule has 0 fully saturated rings. The van der Waals surface area contributed by atoms with E-state index < -0.39 is 0 Å². The van der Waals surface area contributed by atoms with E-state index in [4.69, 9.17) is 9.97 Å². The number of aromatic nitrogens is 3. The number of para-hydroxylation sites is 2. The molecule has 31 heavy (non-hydrogen) atoms. The normalized spacial score (nSPS) is 12.6. The van der Waals surface area contributed by atoms with Crippen molar-refractivity contribution in [1.29, 1.82) is 0 Å². The van der Waals surface area contributed by atoms with Crippen LogP contribution in [0.15, 0.2) is 83.7 Å². The molecule has 0 spiro atoms. The molecule has 3 aromatic carbocycles. The lowest BCUT2D eigenvalue weighted by Crippen LogP contribution is -2.29. The van der Waals surface area contributed by atoms with Crippen molar-refractivity contribution in [3.63, 3.8) is 0 Å². The van der Waals surface area contributed by atoms with Crippen LogP contribution in [0.2, 0.25) is 0 Å². The van der Waals surface area contributed by atoms with Crippen LogP contribution in [0.1, 0.15) is 31.3 Å². The molecule has 1 unspecified atom stereocenters. The maximum Gasteiger partial charge on any atom is 0.262 e. The van der Waals surface area contributed by atoms with E-state index >= 15 is 0 Å². The Hall–Kier alpha value is -3.31. The summed E-state index contributed by atoms with van der Waals surface area (Å²) in [7, 11) is 0. The number of benzene rings is 3. The molecule has 154 valence electrons. The average Bonchev–Trinajstić information content (AvgIpc) is 3.22. The van der Waals surface area contributed by atoms with E-state index in [-0.39, 0.29) is 11.6 Å². The summed E-state index contributed by atoms with van der Waals surface area (Å²) in [4.78, 5) is 23.7. The zero-order valence-electron chi connectivity index (χ0n) is 17.5. The first-order valence-corrected chi connectivity index (χ1v) is 11.4. The van der Waals surface area contributed by atoms with E-state index in [1.165, 1.54) is 0 Å². The lowest BCUT2D eigenvalue weighted by Gasteiger charge is -2.23. The van der Waals surface area contributed by atoms with Crippen LogP contribution in [0.3, 0.4) is 0 Å². The van der Waals surface area contributed by atoms with E-state index in [1.54, 1.807) is 11.3 Å². The predicted octanol–water partition coefficient (Wildman–Crippen LogP) is 6.31. The minimum Gasteiger partial charge on any atom is -0.282 e. The summed E-state index contributed by atoms with van der Waals surface area (Å²) in [6.45, 7) is 4.37. The van der Waals surface area contributed by atoms with Gasteiger partial charge in [0, 0.05) is 5.56 Å². The number of thiazole rings is 1. The highest BCUT2D eigenvalue weighted by Crippen LogP contribution is 2.34. The summed E-state index contributed by atoms with van der Waals surface area (Å²) in [6, 6.07) is 25.5. The summed E-state index contributed by atoms with van der Waals surface area (Å²) in [5, 5.41) is 1.59. The van der Waals surface area contributed by atoms with Crippen molar-refractivity contribution in [2.45, 2.75) is 26.3 Å². The Balaban J connectivity index is 1.82. The molecule has 5 aromatic rings. The topological polar surface area (TPSA) is 47.8 Å². The Labute approximate surface area is 184 Å². The SMILES string of the molecule is CC(C)CC(c1nc2ccccc2s1)n1c(-c2ccccc2)nc2ccccc2c1=O. The Morgan fingerprint density at radius 1 is 0.839 bits per heavy atom. The third-order valence-electron chi connectivity index (χ3n) is 5.44. The maximum atomic E-state index is 13.8. The smallest absolute Gasteiger partial charge is 0.262 e. The van der Waals surface area contributed by atoms with Crippen molar-refractivity contribution in [1.82, 2.24) is 14.5 Å². The van der Waals surface area contributed by atoms with Gasteiger partial charge in [-0.3, -0.25) is 9.36 Å². The number of hydrogen-bond donors (Lipinski definition) is 0. The van der Waals surface area contributed by atoms with Crippen LogP contribution in [0, 0.1) is 5.92 Å². The van der Waals surface area contributed by atoms with Gasteiger partial charge in [0.2, 0.25) is 0 Å². The zero-order chi connectivity index (χ0) is 21.4. The second kappa shape index (κ2) is 8.08. The van der Waals surface area contributed by atoms with Gasteiger partial charge in [0.25, 0.3) is 5.56 Å². The zero-order valence-corrected chi connectivity index (χ0v) is 18.3. The first-order chi connectivity index (χ1) is 15.1. The summed E-state index contributed by atoms with van der Waals surface area (Å²) in [5.74, 6) is 1.08. The minimum absolute atomic E-state index is 0.0191. The second-order valence-corrected chi connectivity index (χ2v) is 9.22. The van der Waals surface area contributed by atoms with Crippen LogP contribution in [-0.4, -0.2) is 14.5 Å². The highest BCUT2D eigenvalue weighted by atomic mass is 32.1. The minimum atomic E-state index is -0.183. The highest BCUT2D eigenvalue weighted by molar-refractivity contribution is 7.18. The standard InChI is InChI=1S/C26H23N3OS/c1-17(2)16-22(25-28-21-14-8-9-15-23(21)31-25)29-24(18-10-4-3-5-11-18)27-20-13-7-6-12-19(20)26(29)30/h3-15,17,22H,16H2,1-2H3. The van der Waals surface area contributed by atoms with Crippen molar-refractivity contribution in [3.05, 3.63) is 94.2 Å². The molecule has 0 amide bonds. The molecule has 0 aliphatic rings. The highest BCUT2D eigenvalue weighted by Gasteiger charge is 2.25. The van der Waals surface area contributed by atoms with Crippen LogP contribution in [0.5, 0.6) is 0 Å². The van der Waals surface area contributed by atoms with Crippen LogP contribution in [-0.2, 0) is 0 Å². The van der Waals surface area contributed by atoms with E-state index in [9.17, 15) is 4.79 Å².